The SMILES string of the molecule is C1=CC(c2ccccc2)=NC(C2=CCCC=C2)C=1. The second kappa shape index (κ2) is 5.03. The number of hydrogen-bond acceptors (Lipinski definition) is 1. The molecule has 1 heteroatoms. The summed E-state index contributed by atoms with van der Waals surface area (Å²) in [7, 11) is 0. The zero-order valence-electron chi connectivity index (χ0n) is 10.2. The Morgan fingerprint density at radius 1 is 1.11 bits per heavy atom. The summed E-state index contributed by atoms with van der Waals surface area (Å²) >= 11 is 0. The van der Waals surface area contributed by atoms with Gasteiger partial charge in [-0.15, -0.1) is 5.73 Å². The molecule has 0 N–H and O–H groups in total. The molecular formula is C17H15N. The van der Waals surface area contributed by atoms with Crippen LogP contribution < -0.4 is 0 Å². The van der Waals surface area contributed by atoms with Crippen molar-refractivity contribution in [3.63, 3.8) is 0 Å². The molecule has 0 radical (unpaired) electrons. The standard InChI is InChI=1S/C17H15N/c1-3-8-14(9-4-1)16-12-7-13-17(18-16)15-10-5-2-6-11-15/h1,3-5,8-13,17H,2,6H2. The van der Waals surface area contributed by atoms with Gasteiger partial charge in [-0.3, -0.25) is 4.99 Å². The summed E-state index contributed by atoms with van der Waals surface area (Å²) < 4.78 is 0. The molecule has 1 unspecified atom stereocenters. The van der Waals surface area contributed by atoms with Crippen LogP contribution in [0.3, 0.4) is 0 Å². The smallest absolute Gasteiger partial charge is 0.101 e. The fourth-order valence-electron chi connectivity index (χ4n) is 2.23. The third-order valence-electron chi connectivity index (χ3n) is 3.19. The minimum atomic E-state index is 0.127. The molecule has 1 atom stereocenters. The molecule has 0 fully saturated rings. The van der Waals surface area contributed by atoms with E-state index in [-0.39, 0.29) is 6.04 Å². The topological polar surface area (TPSA) is 12.4 Å². The van der Waals surface area contributed by atoms with Crippen LogP contribution in [0.5, 0.6) is 0 Å². The molecule has 1 heterocycles. The summed E-state index contributed by atoms with van der Waals surface area (Å²) in [4.78, 5) is 4.80. The molecule has 0 bridgehead atoms. The Morgan fingerprint density at radius 2 is 2.00 bits per heavy atom. The molecule has 1 aromatic rings. The Balaban J connectivity index is 1.92. The average molecular weight is 233 g/mol. The lowest BCUT2D eigenvalue weighted by molar-refractivity contribution is 0.922. The van der Waals surface area contributed by atoms with Gasteiger partial charge < -0.3 is 0 Å². The predicted octanol–water partition coefficient (Wildman–Crippen LogP) is 3.85. The van der Waals surface area contributed by atoms with E-state index in [1.807, 2.05) is 30.4 Å². The van der Waals surface area contributed by atoms with Crippen molar-refractivity contribution in [2.24, 2.45) is 4.99 Å². The minimum absolute atomic E-state index is 0.127. The van der Waals surface area contributed by atoms with Gasteiger partial charge in [-0.05, 0) is 24.5 Å². The zero-order valence-corrected chi connectivity index (χ0v) is 10.2. The molecule has 3 rings (SSSR count). The zero-order chi connectivity index (χ0) is 12.2. The minimum Gasteiger partial charge on any atom is -0.271 e. The summed E-state index contributed by atoms with van der Waals surface area (Å²) in [6.07, 6.45) is 12.9. The summed E-state index contributed by atoms with van der Waals surface area (Å²) in [5.74, 6) is 0. The highest BCUT2D eigenvalue weighted by atomic mass is 14.8. The van der Waals surface area contributed by atoms with Crippen LogP contribution in [-0.4, -0.2) is 11.8 Å². The normalized spacial score (nSPS) is 21.7. The summed E-state index contributed by atoms with van der Waals surface area (Å²) in [6, 6.07) is 10.4. The van der Waals surface area contributed by atoms with Crippen molar-refractivity contribution in [1.82, 2.24) is 0 Å². The number of allylic oxidation sites excluding steroid dienone is 2. The summed E-state index contributed by atoms with van der Waals surface area (Å²) in [5.41, 5.74) is 6.69. The van der Waals surface area contributed by atoms with Crippen molar-refractivity contribution in [1.29, 1.82) is 0 Å². The first kappa shape index (κ1) is 11.0. The van der Waals surface area contributed by atoms with Crippen LogP contribution in [0.15, 0.2) is 77.0 Å². The molecule has 0 amide bonds. The van der Waals surface area contributed by atoms with Gasteiger partial charge in [0, 0.05) is 11.6 Å². The van der Waals surface area contributed by atoms with Gasteiger partial charge in [0.15, 0.2) is 0 Å². The lowest BCUT2D eigenvalue weighted by Gasteiger charge is -2.15. The third kappa shape index (κ3) is 2.27. The van der Waals surface area contributed by atoms with E-state index in [9.17, 15) is 0 Å². The van der Waals surface area contributed by atoms with Crippen LogP contribution in [0, 0.1) is 0 Å². The molecule has 0 saturated carbocycles. The number of aliphatic imine (C=N–C) groups is 1. The lowest BCUT2D eigenvalue weighted by atomic mass is 9.98. The first-order valence-corrected chi connectivity index (χ1v) is 6.36. The Labute approximate surface area is 108 Å². The van der Waals surface area contributed by atoms with Crippen LogP contribution in [0.1, 0.15) is 18.4 Å². The fourth-order valence-corrected chi connectivity index (χ4v) is 2.23. The maximum absolute atomic E-state index is 4.80. The maximum Gasteiger partial charge on any atom is 0.101 e. The number of rotatable bonds is 2. The average Bonchev–Trinajstić information content (AvgIpc) is 2.49. The number of nitrogens with zero attached hydrogens (tertiary/aromatic N) is 1. The van der Waals surface area contributed by atoms with Crippen LogP contribution in [0.4, 0.5) is 0 Å². The molecule has 0 aromatic heterocycles. The second-order valence-electron chi connectivity index (χ2n) is 4.49. The molecule has 1 aliphatic heterocycles. The van der Waals surface area contributed by atoms with E-state index in [1.54, 1.807) is 0 Å². The van der Waals surface area contributed by atoms with E-state index in [0.29, 0.717) is 0 Å². The highest BCUT2D eigenvalue weighted by Crippen LogP contribution is 2.19. The molecule has 18 heavy (non-hydrogen) atoms. The third-order valence-corrected chi connectivity index (χ3v) is 3.19. The highest BCUT2D eigenvalue weighted by molar-refractivity contribution is 6.09. The first-order valence-electron chi connectivity index (χ1n) is 6.36. The summed E-state index contributed by atoms with van der Waals surface area (Å²) in [5, 5.41) is 0. The van der Waals surface area contributed by atoms with Crippen molar-refractivity contribution in [2.45, 2.75) is 18.9 Å². The largest absolute Gasteiger partial charge is 0.271 e. The molecule has 1 nitrogen and oxygen atoms in total. The van der Waals surface area contributed by atoms with Gasteiger partial charge in [0.25, 0.3) is 0 Å². The van der Waals surface area contributed by atoms with Gasteiger partial charge in [-0.2, -0.15) is 0 Å². The van der Waals surface area contributed by atoms with Crippen LogP contribution in [0.2, 0.25) is 0 Å². The van der Waals surface area contributed by atoms with Gasteiger partial charge in [0.05, 0.1) is 5.71 Å². The maximum atomic E-state index is 4.80. The Morgan fingerprint density at radius 3 is 2.78 bits per heavy atom. The molecule has 1 aliphatic carbocycles. The highest BCUT2D eigenvalue weighted by Gasteiger charge is 2.12. The van der Waals surface area contributed by atoms with Gasteiger partial charge in [0.1, 0.15) is 6.04 Å². The number of benzene rings is 1. The van der Waals surface area contributed by atoms with Gasteiger partial charge in [-0.25, -0.2) is 0 Å². The van der Waals surface area contributed by atoms with Crippen LogP contribution in [0.25, 0.3) is 0 Å². The molecule has 0 spiro atoms. The van der Waals surface area contributed by atoms with Crippen molar-refractivity contribution >= 4 is 5.71 Å². The van der Waals surface area contributed by atoms with Gasteiger partial charge in [-0.1, -0.05) is 48.6 Å². The number of hydrogen-bond donors (Lipinski definition) is 0. The fraction of sp³-hybridized carbons (Fsp3) is 0.176. The van der Waals surface area contributed by atoms with Crippen LogP contribution in [-0.2, 0) is 0 Å². The predicted molar refractivity (Wildman–Crippen MR) is 75.9 cm³/mol. The van der Waals surface area contributed by atoms with E-state index in [2.05, 4.69) is 36.1 Å². The monoisotopic (exact) mass is 233 g/mol. The lowest BCUT2D eigenvalue weighted by Crippen LogP contribution is -2.11. The van der Waals surface area contributed by atoms with Crippen LogP contribution >= 0.6 is 0 Å². The second-order valence-corrected chi connectivity index (χ2v) is 4.49. The molecule has 88 valence electrons. The molecule has 2 aliphatic rings. The Hall–Kier alpha value is -2.11. The van der Waals surface area contributed by atoms with Gasteiger partial charge >= 0.3 is 0 Å². The van der Waals surface area contributed by atoms with Crippen molar-refractivity contribution < 1.29 is 0 Å². The van der Waals surface area contributed by atoms with E-state index in [0.717, 1.165) is 24.1 Å². The van der Waals surface area contributed by atoms with Crippen molar-refractivity contribution in [2.75, 3.05) is 0 Å². The Bertz CT molecular complexity index is 581. The molecule has 0 saturated heterocycles. The first-order chi connectivity index (χ1) is 8.93. The van der Waals surface area contributed by atoms with E-state index in [1.165, 1.54) is 5.57 Å². The molecular weight excluding hydrogens is 218 g/mol. The van der Waals surface area contributed by atoms with Gasteiger partial charge in [0.2, 0.25) is 0 Å². The van der Waals surface area contributed by atoms with E-state index in [4.69, 9.17) is 4.99 Å². The quantitative estimate of drug-likeness (QED) is 0.688. The van der Waals surface area contributed by atoms with Crippen molar-refractivity contribution in [3.8, 4) is 0 Å². The van der Waals surface area contributed by atoms with E-state index >= 15 is 0 Å². The van der Waals surface area contributed by atoms with Crippen molar-refractivity contribution in [3.05, 3.63) is 77.6 Å². The molecule has 1 aromatic carbocycles. The summed E-state index contributed by atoms with van der Waals surface area (Å²) in [6.45, 7) is 0. The van der Waals surface area contributed by atoms with E-state index < -0.39 is 0 Å². The Kier molecular flexibility index (Phi) is 3.08.